The molecule has 1 aliphatic heterocycles. The molecule has 4 nitrogen and oxygen atoms in total. The van der Waals surface area contributed by atoms with E-state index in [9.17, 15) is 0 Å². The predicted octanol–water partition coefficient (Wildman–Crippen LogP) is 3.37. The van der Waals surface area contributed by atoms with Crippen molar-refractivity contribution in [3.05, 3.63) is 24.5 Å². The number of nitrogens with two attached hydrogens (primary N) is 1. The van der Waals surface area contributed by atoms with Crippen LogP contribution in [0.4, 0.5) is 11.5 Å². The zero-order valence-electron chi connectivity index (χ0n) is 12.0. The van der Waals surface area contributed by atoms with Gasteiger partial charge in [0.25, 0.3) is 0 Å². The van der Waals surface area contributed by atoms with Gasteiger partial charge in [-0.1, -0.05) is 13.3 Å². The molecule has 106 valence electrons. The highest BCUT2D eigenvalue weighted by Gasteiger charge is 2.24. The van der Waals surface area contributed by atoms with Gasteiger partial charge >= 0.3 is 0 Å². The van der Waals surface area contributed by atoms with Crippen molar-refractivity contribution >= 4 is 22.4 Å². The molecule has 0 aliphatic carbocycles. The van der Waals surface area contributed by atoms with Crippen molar-refractivity contribution in [1.82, 2.24) is 9.97 Å². The minimum absolute atomic E-state index is 0.615. The molecule has 0 bridgehead atoms. The number of nitrogen functional groups attached to an aromatic ring is 1. The van der Waals surface area contributed by atoms with Crippen molar-refractivity contribution in [1.29, 1.82) is 0 Å². The highest BCUT2D eigenvalue weighted by atomic mass is 15.2. The molecule has 2 aromatic rings. The van der Waals surface area contributed by atoms with Gasteiger partial charge in [0, 0.05) is 23.7 Å². The molecule has 20 heavy (non-hydrogen) atoms. The van der Waals surface area contributed by atoms with E-state index in [2.05, 4.69) is 27.9 Å². The van der Waals surface area contributed by atoms with Gasteiger partial charge in [0.15, 0.2) is 0 Å². The van der Waals surface area contributed by atoms with Crippen LogP contribution in [-0.4, -0.2) is 22.6 Å². The monoisotopic (exact) mass is 270 g/mol. The number of piperidine rings is 1. The summed E-state index contributed by atoms with van der Waals surface area (Å²) in [5, 5.41) is 1.12. The number of hydrogen-bond acceptors (Lipinski definition) is 4. The maximum atomic E-state index is 5.85. The van der Waals surface area contributed by atoms with E-state index in [0.29, 0.717) is 6.04 Å². The van der Waals surface area contributed by atoms with Gasteiger partial charge in [0.2, 0.25) is 0 Å². The van der Waals surface area contributed by atoms with Gasteiger partial charge in [-0.15, -0.1) is 0 Å². The summed E-state index contributed by atoms with van der Waals surface area (Å²) in [6.07, 6.45) is 7.97. The van der Waals surface area contributed by atoms with Gasteiger partial charge < -0.3 is 10.6 Å². The minimum atomic E-state index is 0.615. The molecule has 1 aliphatic rings. The summed E-state index contributed by atoms with van der Waals surface area (Å²) in [5.74, 6) is 1.08. The van der Waals surface area contributed by atoms with Crippen molar-refractivity contribution in [2.75, 3.05) is 17.2 Å². The SMILES string of the molecule is CCCC1CCCCN1c1ncnc2cc(N)ccc12. The van der Waals surface area contributed by atoms with Gasteiger partial charge in [-0.05, 0) is 43.9 Å². The molecule has 1 saturated heterocycles. The van der Waals surface area contributed by atoms with Crippen LogP contribution in [0.5, 0.6) is 0 Å². The molecular formula is C16H22N4. The standard InChI is InChI=1S/C16H22N4/c1-2-5-13-6-3-4-9-20(13)16-14-8-7-12(17)10-15(14)18-11-19-16/h7-8,10-11,13H,2-6,9,17H2,1H3. The van der Waals surface area contributed by atoms with Crippen LogP contribution in [0.1, 0.15) is 39.0 Å². The zero-order chi connectivity index (χ0) is 13.9. The summed E-state index contributed by atoms with van der Waals surface area (Å²) in [5.41, 5.74) is 7.55. The van der Waals surface area contributed by atoms with Crippen molar-refractivity contribution in [2.24, 2.45) is 0 Å². The van der Waals surface area contributed by atoms with Crippen molar-refractivity contribution < 1.29 is 0 Å². The van der Waals surface area contributed by atoms with Gasteiger partial charge in [0.1, 0.15) is 12.1 Å². The lowest BCUT2D eigenvalue weighted by molar-refractivity contribution is 0.432. The van der Waals surface area contributed by atoms with Gasteiger partial charge in [0.05, 0.1) is 5.52 Å². The molecule has 2 N–H and O–H groups in total. The number of fused-ring (bicyclic) bond motifs is 1. The lowest BCUT2D eigenvalue weighted by atomic mass is 9.98. The second-order valence-corrected chi connectivity index (χ2v) is 5.61. The molecule has 4 heteroatoms. The first-order valence-electron chi connectivity index (χ1n) is 7.56. The Labute approximate surface area is 120 Å². The fourth-order valence-corrected chi connectivity index (χ4v) is 3.20. The van der Waals surface area contributed by atoms with Crippen molar-refractivity contribution in [3.8, 4) is 0 Å². The van der Waals surface area contributed by atoms with Gasteiger partial charge in [-0.25, -0.2) is 9.97 Å². The third-order valence-corrected chi connectivity index (χ3v) is 4.16. The smallest absolute Gasteiger partial charge is 0.140 e. The van der Waals surface area contributed by atoms with Crippen LogP contribution in [0.2, 0.25) is 0 Å². The van der Waals surface area contributed by atoms with Crippen LogP contribution >= 0.6 is 0 Å². The first-order chi connectivity index (χ1) is 9.79. The van der Waals surface area contributed by atoms with Gasteiger partial charge in [-0.2, -0.15) is 0 Å². The van der Waals surface area contributed by atoms with E-state index in [-0.39, 0.29) is 0 Å². The van der Waals surface area contributed by atoms with E-state index >= 15 is 0 Å². The summed E-state index contributed by atoms with van der Waals surface area (Å²) in [6.45, 7) is 3.35. The molecule has 3 rings (SSSR count). The Balaban J connectivity index is 2.03. The Morgan fingerprint density at radius 2 is 2.20 bits per heavy atom. The van der Waals surface area contributed by atoms with E-state index in [1.807, 2.05) is 12.1 Å². The van der Waals surface area contributed by atoms with Crippen LogP contribution in [0.15, 0.2) is 24.5 Å². The second-order valence-electron chi connectivity index (χ2n) is 5.61. The van der Waals surface area contributed by atoms with Crippen LogP contribution in [0.25, 0.3) is 10.9 Å². The normalized spacial score (nSPS) is 19.4. The second kappa shape index (κ2) is 5.65. The Bertz CT molecular complexity index is 594. The molecule has 1 aromatic carbocycles. The van der Waals surface area contributed by atoms with Gasteiger partial charge in [-0.3, -0.25) is 0 Å². The molecule has 1 fully saturated rings. The highest BCUT2D eigenvalue weighted by Crippen LogP contribution is 2.31. The number of nitrogens with zero attached hydrogens (tertiary/aromatic N) is 3. The quantitative estimate of drug-likeness (QED) is 0.869. The molecule has 0 amide bonds. The fraction of sp³-hybridized carbons (Fsp3) is 0.500. The first kappa shape index (κ1) is 13.2. The lowest BCUT2D eigenvalue weighted by Crippen LogP contribution is -2.40. The first-order valence-corrected chi connectivity index (χ1v) is 7.56. The van der Waals surface area contributed by atoms with Crippen LogP contribution in [0, 0.1) is 0 Å². The molecule has 0 radical (unpaired) electrons. The Morgan fingerprint density at radius 3 is 3.05 bits per heavy atom. The summed E-state index contributed by atoms with van der Waals surface area (Å²) in [7, 11) is 0. The van der Waals surface area contributed by atoms with E-state index in [1.165, 1.54) is 32.1 Å². The summed E-state index contributed by atoms with van der Waals surface area (Å²) in [4.78, 5) is 11.4. The zero-order valence-corrected chi connectivity index (χ0v) is 12.0. The maximum absolute atomic E-state index is 5.85. The van der Waals surface area contributed by atoms with Crippen LogP contribution < -0.4 is 10.6 Å². The third kappa shape index (κ3) is 2.42. The molecule has 1 unspecified atom stereocenters. The number of benzene rings is 1. The molecule has 0 spiro atoms. The van der Waals surface area contributed by atoms with E-state index in [0.717, 1.165) is 29.0 Å². The molecule has 1 atom stereocenters. The largest absolute Gasteiger partial charge is 0.399 e. The summed E-state index contributed by atoms with van der Waals surface area (Å²) >= 11 is 0. The van der Waals surface area contributed by atoms with E-state index < -0.39 is 0 Å². The Kier molecular flexibility index (Phi) is 3.72. The molecule has 0 saturated carbocycles. The van der Waals surface area contributed by atoms with E-state index in [4.69, 9.17) is 5.73 Å². The van der Waals surface area contributed by atoms with Crippen LogP contribution in [0.3, 0.4) is 0 Å². The Hall–Kier alpha value is -1.84. The molecule has 2 heterocycles. The third-order valence-electron chi connectivity index (χ3n) is 4.16. The summed E-state index contributed by atoms with van der Waals surface area (Å²) < 4.78 is 0. The number of hydrogen-bond donors (Lipinski definition) is 1. The summed E-state index contributed by atoms with van der Waals surface area (Å²) in [6, 6.07) is 6.54. The average molecular weight is 270 g/mol. The fourth-order valence-electron chi connectivity index (χ4n) is 3.20. The lowest BCUT2D eigenvalue weighted by Gasteiger charge is -2.37. The molecular weight excluding hydrogens is 248 g/mol. The highest BCUT2D eigenvalue weighted by molar-refractivity contribution is 5.91. The maximum Gasteiger partial charge on any atom is 0.140 e. The van der Waals surface area contributed by atoms with Crippen molar-refractivity contribution in [3.63, 3.8) is 0 Å². The van der Waals surface area contributed by atoms with E-state index in [1.54, 1.807) is 6.33 Å². The molecule has 1 aromatic heterocycles. The van der Waals surface area contributed by atoms with Crippen molar-refractivity contribution in [2.45, 2.75) is 45.1 Å². The predicted molar refractivity (Wildman–Crippen MR) is 83.8 cm³/mol. The number of anilines is 2. The Morgan fingerprint density at radius 1 is 1.30 bits per heavy atom. The topological polar surface area (TPSA) is 55.0 Å². The number of rotatable bonds is 3. The average Bonchev–Trinajstić information content (AvgIpc) is 2.47. The number of aromatic nitrogens is 2. The van der Waals surface area contributed by atoms with Crippen LogP contribution in [-0.2, 0) is 0 Å². The minimum Gasteiger partial charge on any atom is -0.399 e.